The molecule has 26 heavy (non-hydrogen) atoms. The molecule has 2 aromatic rings. The summed E-state index contributed by atoms with van der Waals surface area (Å²) in [7, 11) is 0. The van der Waals surface area contributed by atoms with E-state index in [1.54, 1.807) is 55.5 Å². The van der Waals surface area contributed by atoms with Crippen molar-refractivity contribution in [2.45, 2.75) is 6.92 Å². The van der Waals surface area contributed by atoms with E-state index in [0.717, 1.165) is 3.57 Å². The maximum atomic E-state index is 12.5. The van der Waals surface area contributed by atoms with Crippen LogP contribution in [0.2, 0.25) is 0 Å². The summed E-state index contributed by atoms with van der Waals surface area (Å²) in [6.45, 7) is 1.18. The molecule has 0 saturated heterocycles. The first kappa shape index (κ1) is 19.9. The molecule has 0 unspecified atom stereocenters. The first-order valence-corrected chi connectivity index (χ1v) is 9.03. The van der Waals surface area contributed by atoms with Crippen LogP contribution in [0.3, 0.4) is 0 Å². The van der Waals surface area contributed by atoms with Crippen molar-refractivity contribution in [1.29, 1.82) is 0 Å². The highest BCUT2D eigenvalue weighted by Crippen LogP contribution is 2.14. The van der Waals surface area contributed by atoms with E-state index in [0.29, 0.717) is 11.3 Å². The molecule has 2 aromatic carbocycles. The van der Waals surface area contributed by atoms with E-state index in [1.165, 1.54) is 4.90 Å². The molecule has 0 heterocycles. The fourth-order valence-electron chi connectivity index (χ4n) is 2.17. The lowest BCUT2D eigenvalue weighted by Crippen LogP contribution is -2.39. The van der Waals surface area contributed by atoms with Crippen molar-refractivity contribution in [3.63, 3.8) is 0 Å². The molecule has 0 radical (unpaired) electrons. The van der Waals surface area contributed by atoms with Gasteiger partial charge >= 0.3 is 11.9 Å². The van der Waals surface area contributed by atoms with Crippen LogP contribution in [0.15, 0.2) is 54.6 Å². The van der Waals surface area contributed by atoms with Crippen LogP contribution in [0.4, 0.5) is 5.69 Å². The van der Waals surface area contributed by atoms with Crippen molar-refractivity contribution in [3.8, 4) is 0 Å². The Balaban J connectivity index is 2.06. The minimum Gasteiger partial charge on any atom is -0.465 e. The first-order chi connectivity index (χ1) is 12.5. The third kappa shape index (κ3) is 5.83. The highest BCUT2D eigenvalue weighted by molar-refractivity contribution is 14.1. The highest BCUT2D eigenvalue weighted by atomic mass is 127. The van der Waals surface area contributed by atoms with Crippen LogP contribution in [0.1, 0.15) is 17.3 Å². The molecular formula is C19H18INO5. The van der Waals surface area contributed by atoms with Crippen molar-refractivity contribution in [2.24, 2.45) is 0 Å². The number of nitrogens with zero attached hydrogens (tertiary/aromatic N) is 1. The number of rotatable bonds is 7. The van der Waals surface area contributed by atoms with Crippen molar-refractivity contribution in [2.75, 3.05) is 24.7 Å². The molecule has 6 nitrogen and oxygen atoms in total. The van der Waals surface area contributed by atoms with Gasteiger partial charge < -0.3 is 9.47 Å². The van der Waals surface area contributed by atoms with E-state index in [-0.39, 0.29) is 13.2 Å². The molecule has 0 aliphatic rings. The van der Waals surface area contributed by atoms with Crippen LogP contribution in [-0.4, -0.2) is 37.6 Å². The molecule has 136 valence electrons. The van der Waals surface area contributed by atoms with Crippen molar-refractivity contribution in [1.82, 2.24) is 0 Å². The number of hydrogen-bond acceptors (Lipinski definition) is 5. The minimum atomic E-state index is -0.596. The van der Waals surface area contributed by atoms with Gasteiger partial charge in [-0.2, -0.15) is 0 Å². The van der Waals surface area contributed by atoms with Gasteiger partial charge in [0.2, 0.25) is 0 Å². The van der Waals surface area contributed by atoms with E-state index in [2.05, 4.69) is 22.6 Å². The predicted molar refractivity (Wildman–Crippen MR) is 105 cm³/mol. The fraction of sp³-hybridized carbons (Fsp3) is 0.211. The molecule has 0 aliphatic heterocycles. The summed E-state index contributed by atoms with van der Waals surface area (Å²) in [6.07, 6.45) is 0. The van der Waals surface area contributed by atoms with Crippen molar-refractivity contribution < 1.29 is 23.9 Å². The summed E-state index contributed by atoms with van der Waals surface area (Å²) in [4.78, 5) is 37.7. The Hall–Kier alpha value is -2.42. The van der Waals surface area contributed by atoms with E-state index in [1.807, 2.05) is 6.07 Å². The van der Waals surface area contributed by atoms with Gasteiger partial charge in [-0.05, 0) is 59.8 Å². The average molecular weight is 467 g/mol. The smallest absolute Gasteiger partial charge is 0.338 e. The molecule has 0 fully saturated rings. The molecule has 0 bridgehead atoms. The van der Waals surface area contributed by atoms with E-state index >= 15 is 0 Å². The minimum absolute atomic E-state index is 0.220. The Morgan fingerprint density at radius 3 is 2.38 bits per heavy atom. The van der Waals surface area contributed by atoms with E-state index < -0.39 is 24.5 Å². The Kier molecular flexibility index (Phi) is 7.58. The van der Waals surface area contributed by atoms with Gasteiger partial charge in [0, 0.05) is 9.26 Å². The molecular weight excluding hydrogens is 449 g/mol. The predicted octanol–water partition coefficient (Wildman–Crippen LogP) is 3.04. The maximum absolute atomic E-state index is 12.5. The van der Waals surface area contributed by atoms with Gasteiger partial charge in [-0.15, -0.1) is 0 Å². The third-order valence-corrected chi connectivity index (χ3v) is 4.02. The van der Waals surface area contributed by atoms with Gasteiger partial charge in [0.1, 0.15) is 6.54 Å². The van der Waals surface area contributed by atoms with Gasteiger partial charge in [0.15, 0.2) is 6.61 Å². The molecule has 0 N–H and O–H groups in total. The zero-order chi connectivity index (χ0) is 18.9. The molecule has 0 saturated carbocycles. The molecule has 1 amide bonds. The van der Waals surface area contributed by atoms with Crippen LogP contribution in [0.25, 0.3) is 0 Å². The number of anilines is 1. The Labute approximate surface area is 165 Å². The lowest BCUT2D eigenvalue weighted by Gasteiger charge is -2.21. The Bertz CT molecular complexity index is 779. The number of carbonyl (C=O) groups is 3. The number of hydrogen-bond donors (Lipinski definition) is 0. The van der Waals surface area contributed by atoms with Gasteiger partial charge in [-0.3, -0.25) is 14.5 Å². The molecule has 7 heteroatoms. The van der Waals surface area contributed by atoms with Crippen LogP contribution in [0, 0.1) is 3.57 Å². The molecule has 2 rings (SSSR count). The maximum Gasteiger partial charge on any atom is 0.338 e. The summed E-state index contributed by atoms with van der Waals surface area (Å²) in [5.74, 6) is -1.64. The average Bonchev–Trinajstić information content (AvgIpc) is 2.65. The lowest BCUT2D eigenvalue weighted by atomic mass is 10.2. The number of esters is 2. The number of para-hydroxylation sites is 1. The summed E-state index contributed by atoms with van der Waals surface area (Å²) >= 11 is 2.09. The summed E-state index contributed by atoms with van der Waals surface area (Å²) < 4.78 is 10.9. The molecule has 0 spiro atoms. The monoisotopic (exact) mass is 467 g/mol. The van der Waals surface area contributed by atoms with E-state index in [9.17, 15) is 14.4 Å². The third-order valence-electron chi connectivity index (χ3n) is 3.35. The van der Waals surface area contributed by atoms with Gasteiger partial charge in [0.05, 0.1) is 12.2 Å². The van der Waals surface area contributed by atoms with Crippen molar-refractivity contribution in [3.05, 3.63) is 63.7 Å². The summed E-state index contributed by atoms with van der Waals surface area (Å²) in [5.41, 5.74) is 0.886. The second kappa shape index (κ2) is 9.91. The zero-order valence-corrected chi connectivity index (χ0v) is 16.3. The summed E-state index contributed by atoms with van der Waals surface area (Å²) in [6, 6.07) is 15.5. The number of carbonyl (C=O) groups excluding carboxylic acids is 3. The normalized spacial score (nSPS) is 10.1. The summed E-state index contributed by atoms with van der Waals surface area (Å²) in [5, 5.41) is 0. The van der Waals surface area contributed by atoms with Crippen LogP contribution >= 0.6 is 22.6 Å². The number of halogens is 1. The molecule has 0 aromatic heterocycles. The van der Waals surface area contributed by atoms with Gasteiger partial charge in [-0.25, -0.2) is 4.79 Å². The largest absolute Gasteiger partial charge is 0.465 e. The second-order valence-electron chi connectivity index (χ2n) is 5.21. The topological polar surface area (TPSA) is 72.9 Å². The Morgan fingerprint density at radius 2 is 1.73 bits per heavy atom. The van der Waals surface area contributed by atoms with Crippen LogP contribution < -0.4 is 4.90 Å². The number of benzene rings is 2. The van der Waals surface area contributed by atoms with Gasteiger partial charge in [0.25, 0.3) is 5.91 Å². The quantitative estimate of drug-likeness (QED) is 0.463. The van der Waals surface area contributed by atoms with Crippen LogP contribution in [-0.2, 0) is 19.1 Å². The molecule has 0 atom stereocenters. The fourth-order valence-corrected chi connectivity index (χ4v) is 2.71. The second-order valence-corrected chi connectivity index (χ2v) is 6.45. The zero-order valence-electron chi connectivity index (χ0n) is 14.2. The number of ether oxygens (including phenoxy) is 2. The van der Waals surface area contributed by atoms with E-state index in [4.69, 9.17) is 9.47 Å². The molecule has 0 aliphatic carbocycles. The Morgan fingerprint density at radius 1 is 1.00 bits per heavy atom. The van der Waals surface area contributed by atoms with Crippen molar-refractivity contribution >= 4 is 46.1 Å². The standard InChI is InChI=1S/C19H18INO5/c1-2-25-18(23)12-21(16-9-4-3-5-10-16)17(22)13-26-19(24)14-7-6-8-15(20)11-14/h3-11H,2,12-13H2,1H3. The number of amides is 1. The van der Waals surface area contributed by atoms with Crippen LogP contribution in [0.5, 0.6) is 0 Å². The SMILES string of the molecule is CCOC(=O)CN(C(=O)COC(=O)c1cccc(I)c1)c1ccccc1. The lowest BCUT2D eigenvalue weighted by molar-refractivity contribution is -0.142. The van der Waals surface area contributed by atoms with Gasteiger partial charge in [-0.1, -0.05) is 24.3 Å². The first-order valence-electron chi connectivity index (χ1n) is 7.95. The highest BCUT2D eigenvalue weighted by Gasteiger charge is 2.21.